The van der Waals surface area contributed by atoms with Gasteiger partial charge in [0.2, 0.25) is 11.8 Å². The Kier molecular flexibility index (Phi) is 8.03. The highest BCUT2D eigenvalue weighted by molar-refractivity contribution is 5.98. The number of esters is 1. The zero-order valence-corrected chi connectivity index (χ0v) is 15.9. The molecule has 6 heteroatoms. The van der Waals surface area contributed by atoms with Crippen LogP contribution in [0.1, 0.15) is 46.1 Å². The van der Waals surface area contributed by atoms with Gasteiger partial charge in [-0.1, -0.05) is 32.1 Å². The number of anilines is 1. The predicted octanol–water partition coefficient (Wildman–Crippen LogP) is 2.98. The summed E-state index contributed by atoms with van der Waals surface area (Å²) >= 11 is 0. The molecule has 0 spiro atoms. The largest absolute Gasteiger partial charge is 0.458 e. The Labute approximate surface area is 155 Å². The Morgan fingerprint density at radius 1 is 1.19 bits per heavy atom. The highest BCUT2D eigenvalue weighted by Gasteiger charge is 2.25. The number of benzene rings is 1. The lowest BCUT2D eigenvalue weighted by Gasteiger charge is -2.24. The van der Waals surface area contributed by atoms with Crippen LogP contribution in [-0.2, 0) is 25.5 Å². The van der Waals surface area contributed by atoms with Crippen molar-refractivity contribution in [2.24, 2.45) is 0 Å². The van der Waals surface area contributed by atoms with Gasteiger partial charge in [0, 0.05) is 5.69 Å². The lowest BCUT2D eigenvalue weighted by molar-refractivity contribution is -0.158. The van der Waals surface area contributed by atoms with E-state index >= 15 is 0 Å². The van der Waals surface area contributed by atoms with Gasteiger partial charge in [-0.15, -0.1) is 0 Å². The van der Waals surface area contributed by atoms with E-state index in [0.717, 1.165) is 12.0 Å². The molecule has 0 fully saturated rings. The number of ether oxygens (including phenoxy) is 1. The quantitative estimate of drug-likeness (QED) is 0.551. The van der Waals surface area contributed by atoms with Gasteiger partial charge in [-0.25, -0.2) is 4.79 Å². The molecule has 0 bridgehead atoms. The second-order valence-corrected chi connectivity index (χ2v) is 7.01. The van der Waals surface area contributed by atoms with Gasteiger partial charge in [0.05, 0.1) is 6.42 Å². The second-order valence-electron chi connectivity index (χ2n) is 7.01. The molecule has 0 heterocycles. The van der Waals surface area contributed by atoms with Crippen molar-refractivity contribution in [3.8, 4) is 0 Å². The molecule has 142 valence electrons. The molecule has 0 radical (unpaired) electrons. The topological polar surface area (TPSA) is 84.5 Å². The van der Waals surface area contributed by atoms with Gasteiger partial charge in [0.15, 0.2) is 0 Å². The molecule has 0 unspecified atom stereocenters. The second kappa shape index (κ2) is 9.75. The summed E-state index contributed by atoms with van der Waals surface area (Å²) in [6.45, 7) is 10.7. The molecular weight excluding hydrogens is 332 g/mol. The van der Waals surface area contributed by atoms with Crippen LogP contribution in [0.3, 0.4) is 0 Å². The molecule has 0 saturated carbocycles. The molecule has 0 aliphatic carbocycles. The third-order valence-electron chi connectivity index (χ3n) is 3.38. The minimum absolute atomic E-state index is 0.138. The zero-order chi connectivity index (χ0) is 19.7. The molecule has 1 atom stereocenters. The van der Waals surface area contributed by atoms with E-state index in [9.17, 15) is 14.4 Å². The van der Waals surface area contributed by atoms with E-state index in [1.54, 1.807) is 45.0 Å². The van der Waals surface area contributed by atoms with E-state index in [0.29, 0.717) is 12.1 Å². The average molecular weight is 360 g/mol. The smallest absolute Gasteiger partial charge is 0.329 e. The maximum absolute atomic E-state index is 12.3. The first kappa shape index (κ1) is 21.4. The zero-order valence-electron chi connectivity index (χ0n) is 15.9. The fourth-order valence-corrected chi connectivity index (χ4v) is 2.24. The van der Waals surface area contributed by atoms with Crippen molar-refractivity contribution in [3.05, 3.63) is 42.5 Å². The van der Waals surface area contributed by atoms with E-state index in [4.69, 9.17) is 4.74 Å². The van der Waals surface area contributed by atoms with Crippen molar-refractivity contribution < 1.29 is 19.1 Å². The van der Waals surface area contributed by atoms with E-state index in [2.05, 4.69) is 17.2 Å². The van der Waals surface area contributed by atoms with Crippen molar-refractivity contribution in [1.82, 2.24) is 5.32 Å². The van der Waals surface area contributed by atoms with Crippen LogP contribution in [0.4, 0.5) is 5.69 Å². The summed E-state index contributed by atoms with van der Waals surface area (Å²) in [7, 11) is 0. The SMILES string of the molecule is C=CC(=O)Nc1ccc(CC(=O)N[C@@H](CCC)C(=O)OC(C)(C)C)cc1. The minimum Gasteiger partial charge on any atom is -0.458 e. The van der Waals surface area contributed by atoms with Crippen LogP contribution in [0.25, 0.3) is 0 Å². The van der Waals surface area contributed by atoms with Gasteiger partial charge in [0.1, 0.15) is 11.6 Å². The van der Waals surface area contributed by atoms with Crippen molar-refractivity contribution >= 4 is 23.5 Å². The van der Waals surface area contributed by atoms with Gasteiger partial charge in [-0.3, -0.25) is 9.59 Å². The number of rotatable bonds is 8. The fraction of sp³-hybridized carbons (Fsp3) is 0.450. The maximum Gasteiger partial charge on any atom is 0.329 e. The standard InChI is InChI=1S/C20H28N2O4/c1-6-8-16(19(25)26-20(3,4)5)22-18(24)13-14-9-11-15(12-10-14)21-17(23)7-2/h7,9-12,16H,2,6,8,13H2,1,3-5H3,(H,21,23)(H,22,24)/t16-/m0/s1. The van der Waals surface area contributed by atoms with E-state index < -0.39 is 17.6 Å². The van der Waals surface area contributed by atoms with Crippen LogP contribution in [0.2, 0.25) is 0 Å². The Balaban J connectivity index is 2.65. The summed E-state index contributed by atoms with van der Waals surface area (Å²) in [6, 6.07) is 6.27. The van der Waals surface area contributed by atoms with Crippen LogP contribution < -0.4 is 10.6 Å². The summed E-state index contributed by atoms with van der Waals surface area (Å²) in [5, 5.41) is 5.39. The Hall–Kier alpha value is -2.63. The molecule has 2 amide bonds. The molecule has 0 aliphatic heterocycles. The highest BCUT2D eigenvalue weighted by Crippen LogP contribution is 2.12. The third kappa shape index (κ3) is 7.96. The number of hydrogen-bond donors (Lipinski definition) is 2. The monoisotopic (exact) mass is 360 g/mol. The van der Waals surface area contributed by atoms with Crippen LogP contribution in [-0.4, -0.2) is 29.4 Å². The number of nitrogens with one attached hydrogen (secondary N) is 2. The van der Waals surface area contributed by atoms with Crippen LogP contribution >= 0.6 is 0 Å². The lowest BCUT2D eigenvalue weighted by Crippen LogP contribution is -2.44. The van der Waals surface area contributed by atoms with E-state index in [-0.39, 0.29) is 18.2 Å². The number of carbonyl (C=O) groups is 3. The summed E-state index contributed by atoms with van der Waals surface area (Å²) in [4.78, 5) is 35.8. The summed E-state index contributed by atoms with van der Waals surface area (Å²) < 4.78 is 5.36. The summed E-state index contributed by atoms with van der Waals surface area (Å²) in [6.07, 6.45) is 2.60. The fourth-order valence-electron chi connectivity index (χ4n) is 2.24. The number of carbonyl (C=O) groups excluding carboxylic acids is 3. The first-order chi connectivity index (χ1) is 12.1. The summed E-state index contributed by atoms with van der Waals surface area (Å²) in [5.74, 6) is -0.970. The molecule has 1 rings (SSSR count). The molecule has 0 saturated heterocycles. The number of hydrogen-bond acceptors (Lipinski definition) is 4. The predicted molar refractivity (Wildman–Crippen MR) is 102 cm³/mol. The van der Waals surface area contributed by atoms with Crippen molar-refractivity contribution in [1.29, 1.82) is 0 Å². The average Bonchev–Trinajstić information content (AvgIpc) is 2.54. The van der Waals surface area contributed by atoms with Crippen LogP contribution in [0, 0.1) is 0 Å². The van der Waals surface area contributed by atoms with Crippen molar-refractivity contribution in [2.45, 2.75) is 58.6 Å². The molecule has 0 aliphatic rings. The van der Waals surface area contributed by atoms with Crippen molar-refractivity contribution in [3.63, 3.8) is 0 Å². The normalized spacial score (nSPS) is 12.0. The lowest BCUT2D eigenvalue weighted by atomic mass is 10.1. The van der Waals surface area contributed by atoms with Gasteiger partial charge in [0.25, 0.3) is 0 Å². The molecule has 0 aromatic heterocycles. The molecule has 1 aromatic rings. The third-order valence-corrected chi connectivity index (χ3v) is 3.38. The summed E-state index contributed by atoms with van der Waals surface area (Å²) in [5.41, 5.74) is 0.801. The Bertz CT molecular complexity index is 645. The Morgan fingerprint density at radius 2 is 1.81 bits per heavy atom. The molecule has 26 heavy (non-hydrogen) atoms. The first-order valence-electron chi connectivity index (χ1n) is 8.69. The minimum atomic E-state index is -0.655. The molecule has 2 N–H and O–H groups in total. The molecule has 1 aromatic carbocycles. The molecular formula is C20H28N2O4. The maximum atomic E-state index is 12.3. The van der Waals surface area contributed by atoms with Crippen LogP contribution in [0.15, 0.2) is 36.9 Å². The first-order valence-corrected chi connectivity index (χ1v) is 8.69. The van der Waals surface area contributed by atoms with E-state index in [1.807, 2.05) is 6.92 Å². The van der Waals surface area contributed by atoms with Gasteiger partial charge in [-0.2, -0.15) is 0 Å². The Morgan fingerprint density at radius 3 is 2.31 bits per heavy atom. The van der Waals surface area contributed by atoms with Gasteiger partial charge < -0.3 is 15.4 Å². The van der Waals surface area contributed by atoms with Crippen molar-refractivity contribution in [2.75, 3.05) is 5.32 Å². The number of amides is 2. The van der Waals surface area contributed by atoms with Gasteiger partial charge in [-0.05, 0) is 51.0 Å². The van der Waals surface area contributed by atoms with Crippen LogP contribution in [0.5, 0.6) is 0 Å². The molecule has 6 nitrogen and oxygen atoms in total. The highest BCUT2D eigenvalue weighted by atomic mass is 16.6. The van der Waals surface area contributed by atoms with Gasteiger partial charge >= 0.3 is 5.97 Å². The van der Waals surface area contributed by atoms with E-state index in [1.165, 1.54) is 6.08 Å².